The molecule has 0 aliphatic rings. The van der Waals surface area contributed by atoms with E-state index in [1.165, 1.54) is 9.60 Å². The van der Waals surface area contributed by atoms with Crippen LogP contribution in [0.4, 0.5) is 0 Å². The van der Waals surface area contributed by atoms with E-state index in [2.05, 4.69) is 24.5 Å². The molecule has 0 saturated heterocycles. The van der Waals surface area contributed by atoms with Crippen LogP contribution >= 0.6 is 46.3 Å². The van der Waals surface area contributed by atoms with E-state index in [-0.39, 0.29) is 0 Å². The first-order chi connectivity index (χ1) is 6.76. The normalized spacial score (nSPS) is 11.1. The number of benzene rings is 1. The summed E-state index contributed by atoms with van der Waals surface area (Å²) in [4.78, 5) is 2.29. The maximum Gasteiger partial charge on any atom is 0.0636 e. The van der Waals surface area contributed by atoms with Crippen molar-refractivity contribution in [2.75, 3.05) is 6.26 Å². The number of hydrogen-bond donors (Lipinski definition) is 0. The van der Waals surface area contributed by atoms with Crippen LogP contribution in [0.3, 0.4) is 0 Å². The molecule has 1 aromatic heterocycles. The van der Waals surface area contributed by atoms with Crippen molar-refractivity contribution in [3.63, 3.8) is 0 Å². The molecule has 0 atom stereocenters. The van der Waals surface area contributed by atoms with Gasteiger partial charge in [0, 0.05) is 19.9 Å². The molecular weight excluding hydrogens is 255 g/mol. The molecule has 0 nitrogen and oxygen atoms in total. The Balaban J connectivity index is 2.68. The molecule has 14 heavy (non-hydrogen) atoms. The topological polar surface area (TPSA) is 0 Å². The Morgan fingerprint density at radius 1 is 1.43 bits per heavy atom. The third kappa shape index (κ3) is 1.76. The molecule has 0 bridgehead atoms. The van der Waals surface area contributed by atoms with Gasteiger partial charge in [0.15, 0.2) is 0 Å². The molecular formula is C10H8Cl2S2. The lowest BCUT2D eigenvalue weighted by Crippen LogP contribution is -1.70. The predicted molar refractivity (Wildman–Crippen MR) is 68.2 cm³/mol. The average Bonchev–Trinajstić information content (AvgIpc) is 2.55. The number of fused-ring (bicyclic) bond motifs is 1. The largest absolute Gasteiger partial charge is 0.137 e. The van der Waals surface area contributed by atoms with Crippen molar-refractivity contribution >= 4 is 56.4 Å². The Morgan fingerprint density at radius 2 is 2.21 bits per heavy atom. The second-order valence-corrected chi connectivity index (χ2v) is 5.50. The van der Waals surface area contributed by atoms with E-state index in [0.29, 0.717) is 5.88 Å². The number of thiophene rings is 1. The highest BCUT2D eigenvalue weighted by atomic mass is 35.5. The van der Waals surface area contributed by atoms with Crippen LogP contribution < -0.4 is 0 Å². The van der Waals surface area contributed by atoms with Crippen LogP contribution in [-0.4, -0.2) is 6.26 Å². The van der Waals surface area contributed by atoms with Gasteiger partial charge in [-0.25, -0.2) is 0 Å². The van der Waals surface area contributed by atoms with Gasteiger partial charge in [0.2, 0.25) is 0 Å². The van der Waals surface area contributed by atoms with E-state index in [0.717, 1.165) is 15.3 Å². The number of halogens is 2. The summed E-state index contributed by atoms with van der Waals surface area (Å²) in [5, 5.41) is 1.94. The molecule has 0 fully saturated rings. The lowest BCUT2D eigenvalue weighted by atomic mass is 10.2. The van der Waals surface area contributed by atoms with Crippen molar-refractivity contribution in [1.29, 1.82) is 0 Å². The molecule has 74 valence electrons. The zero-order valence-electron chi connectivity index (χ0n) is 7.51. The van der Waals surface area contributed by atoms with Gasteiger partial charge in [0.05, 0.1) is 10.9 Å². The van der Waals surface area contributed by atoms with E-state index in [1.807, 2.05) is 0 Å². The lowest BCUT2D eigenvalue weighted by molar-refractivity contribution is 1.51. The molecule has 2 rings (SSSR count). The summed E-state index contributed by atoms with van der Waals surface area (Å²) in [6.45, 7) is 0. The summed E-state index contributed by atoms with van der Waals surface area (Å²) in [6.07, 6.45) is 2.06. The molecule has 0 aliphatic heterocycles. The molecule has 0 radical (unpaired) electrons. The quantitative estimate of drug-likeness (QED) is 0.541. The summed E-state index contributed by atoms with van der Waals surface area (Å²) in [6, 6.07) is 6.33. The number of rotatable bonds is 2. The van der Waals surface area contributed by atoms with Gasteiger partial charge in [-0.3, -0.25) is 0 Å². The lowest BCUT2D eigenvalue weighted by Gasteiger charge is -1.95. The van der Waals surface area contributed by atoms with E-state index < -0.39 is 0 Å². The summed E-state index contributed by atoms with van der Waals surface area (Å²) in [5.74, 6) is 0.493. The number of thioether (sulfide) groups is 1. The Bertz CT molecular complexity index is 462. The molecule has 2 aromatic rings. The van der Waals surface area contributed by atoms with Crippen LogP contribution in [0, 0.1) is 0 Å². The van der Waals surface area contributed by atoms with Crippen LogP contribution in [0.15, 0.2) is 23.1 Å². The monoisotopic (exact) mass is 262 g/mol. The minimum absolute atomic E-state index is 0.493. The van der Waals surface area contributed by atoms with E-state index >= 15 is 0 Å². The molecule has 4 heteroatoms. The number of hydrogen-bond acceptors (Lipinski definition) is 2. The molecule has 0 N–H and O–H groups in total. The first-order valence-corrected chi connectivity index (χ1v) is 7.02. The van der Waals surface area contributed by atoms with E-state index in [1.54, 1.807) is 23.1 Å². The number of alkyl halides is 1. The Kier molecular flexibility index (Phi) is 3.27. The molecule has 0 aliphatic carbocycles. The Morgan fingerprint density at radius 3 is 2.86 bits per heavy atom. The van der Waals surface area contributed by atoms with Gasteiger partial charge in [-0.2, -0.15) is 0 Å². The zero-order chi connectivity index (χ0) is 10.1. The Labute approximate surface area is 101 Å². The fourth-order valence-corrected chi connectivity index (χ4v) is 3.44. The first kappa shape index (κ1) is 10.6. The third-order valence-corrected chi connectivity index (χ3v) is 4.89. The minimum atomic E-state index is 0.493. The van der Waals surface area contributed by atoms with Crippen molar-refractivity contribution in [1.82, 2.24) is 0 Å². The highest BCUT2D eigenvalue weighted by Gasteiger charge is 2.09. The van der Waals surface area contributed by atoms with Gasteiger partial charge in [0.25, 0.3) is 0 Å². The van der Waals surface area contributed by atoms with E-state index in [4.69, 9.17) is 23.2 Å². The molecule has 1 aromatic carbocycles. The van der Waals surface area contributed by atoms with Crippen LogP contribution in [0.1, 0.15) is 4.88 Å². The van der Waals surface area contributed by atoms with Crippen molar-refractivity contribution < 1.29 is 0 Å². The van der Waals surface area contributed by atoms with Gasteiger partial charge >= 0.3 is 0 Å². The highest BCUT2D eigenvalue weighted by Crippen LogP contribution is 2.37. The van der Waals surface area contributed by atoms with Crippen LogP contribution in [-0.2, 0) is 5.88 Å². The van der Waals surface area contributed by atoms with Crippen molar-refractivity contribution in [2.24, 2.45) is 0 Å². The standard InChI is InChI=1S/C10H8Cl2S2/c1-13-6-2-3-8-7(4-6)10(12)9(5-11)14-8/h2-4H,5H2,1H3. The second-order valence-electron chi connectivity index (χ2n) is 2.83. The first-order valence-electron chi connectivity index (χ1n) is 4.07. The van der Waals surface area contributed by atoms with Gasteiger partial charge in [0.1, 0.15) is 0 Å². The summed E-state index contributed by atoms with van der Waals surface area (Å²) in [5.41, 5.74) is 0. The fraction of sp³-hybridized carbons (Fsp3) is 0.200. The van der Waals surface area contributed by atoms with Crippen molar-refractivity contribution in [3.05, 3.63) is 28.1 Å². The maximum absolute atomic E-state index is 6.20. The zero-order valence-corrected chi connectivity index (χ0v) is 10.7. The fourth-order valence-electron chi connectivity index (χ4n) is 1.31. The van der Waals surface area contributed by atoms with Crippen molar-refractivity contribution in [3.8, 4) is 0 Å². The van der Waals surface area contributed by atoms with Crippen LogP contribution in [0.25, 0.3) is 10.1 Å². The summed E-state index contributed by atoms with van der Waals surface area (Å²) >= 11 is 15.4. The molecule has 0 amide bonds. The average molecular weight is 263 g/mol. The van der Waals surface area contributed by atoms with Crippen molar-refractivity contribution in [2.45, 2.75) is 10.8 Å². The van der Waals surface area contributed by atoms with E-state index in [9.17, 15) is 0 Å². The minimum Gasteiger partial charge on any atom is -0.137 e. The maximum atomic E-state index is 6.20. The molecule has 0 spiro atoms. The SMILES string of the molecule is CSc1ccc2sc(CCl)c(Cl)c2c1. The smallest absolute Gasteiger partial charge is 0.0636 e. The molecule has 1 heterocycles. The van der Waals surface area contributed by atoms with Crippen LogP contribution in [0.2, 0.25) is 5.02 Å². The van der Waals surface area contributed by atoms with Gasteiger partial charge < -0.3 is 0 Å². The predicted octanol–water partition coefficient (Wildman–Crippen LogP) is 5.02. The Hall–Kier alpha value is 0.110. The third-order valence-electron chi connectivity index (χ3n) is 2.02. The molecule has 0 saturated carbocycles. The second kappa shape index (κ2) is 4.31. The summed E-state index contributed by atoms with van der Waals surface area (Å²) < 4.78 is 1.21. The molecule has 0 unspecified atom stereocenters. The van der Waals surface area contributed by atoms with Gasteiger partial charge in [-0.15, -0.1) is 34.7 Å². The van der Waals surface area contributed by atoms with Gasteiger partial charge in [-0.05, 0) is 24.5 Å². The van der Waals surface area contributed by atoms with Crippen LogP contribution in [0.5, 0.6) is 0 Å². The highest BCUT2D eigenvalue weighted by molar-refractivity contribution is 7.98. The van der Waals surface area contributed by atoms with Gasteiger partial charge in [-0.1, -0.05) is 11.6 Å². The summed E-state index contributed by atoms with van der Waals surface area (Å²) in [7, 11) is 0.